The average Bonchev–Trinajstić information content (AvgIpc) is 2.59. The minimum Gasteiger partial charge on any atom is -0.493 e. The predicted octanol–water partition coefficient (Wildman–Crippen LogP) is 2.30. The van der Waals surface area contributed by atoms with E-state index in [2.05, 4.69) is 21.4 Å². The van der Waals surface area contributed by atoms with Gasteiger partial charge in [-0.1, -0.05) is 23.9 Å². The molecule has 0 radical (unpaired) electrons. The summed E-state index contributed by atoms with van der Waals surface area (Å²) in [7, 11) is 1.67. The molecule has 0 saturated carbocycles. The SMILES string of the molecule is COc1cccc2c1OC[C@H](NCc1cnc(SC)nc1)C2. The van der Waals surface area contributed by atoms with Crippen molar-refractivity contribution in [1.29, 1.82) is 0 Å². The minimum absolute atomic E-state index is 0.278. The van der Waals surface area contributed by atoms with Crippen molar-refractivity contribution in [3.05, 3.63) is 41.7 Å². The molecule has 0 saturated heterocycles. The smallest absolute Gasteiger partial charge is 0.187 e. The molecule has 1 aromatic carbocycles. The number of ether oxygens (including phenoxy) is 2. The number of hydrogen-bond acceptors (Lipinski definition) is 6. The van der Waals surface area contributed by atoms with Crippen molar-refractivity contribution in [3.63, 3.8) is 0 Å². The van der Waals surface area contributed by atoms with E-state index in [9.17, 15) is 0 Å². The topological polar surface area (TPSA) is 56.3 Å². The Morgan fingerprint density at radius 1 is 1.36 bits per heavy atom. The standard InChI is InChI=1S/C16H19N3O2S/c1-20-14-5-3-4-12-6-13(10-21-15(12)14)17-7-11-8-18-16(22-2)19-9-11/h3-5,8-9,13,17H,6-7,10H2,1-2H3/t13-/m1/s1. The number of nitrogens with zero attached hydrogens (tertiary/aromatic N) is 2. The van der Waals surface area contributed by atoms with Crippen LogP contribution in [0.15, 0.2) is 35.7 Å². The van der Waals surface area contributed by atoms with Gasteiger partial charge in [0, 0.05) is 30.5 Å². The van der Waals surface area contributed by atoms with Crippen molar-refractivity contribution < 1.29 is 9.47 Å². The monoisotopic (exact) mass is 317 g/mol. The molecule has 0 fully saturated rings. The second kappa shape index (κ2) is 6.98. The molecule has 0 aliphatic carbocycles. The lowest BCUT2D eigenvalue weighted by Crippen LogP contribution is -2.39. The number of benzene rings is 1. The highest BCUT2D eigenvalue weighted by Gasteiger charge is 2.22. The van der Waals surface area contributed by atoms with Crippen LogP contribution in [0.3, 0.4) is 0 Å². The Kier molecular flexibility index (Phi) is 4.80. The molecule has 2 heterocycles. The molecule has 0 amide bonds. The lowest BCUT2D eigenvalue weighted by atomic mass is 10.0. The van der Waals surface area contributed by atoms with Gasteiger partial charge in [0.2, 0.25) is 0 Å². The Balaban J connectivity index is 1.60. The van der Waals surface area contributed by atoms with Crippen LogP contribution in [0.4, 0.5) is 0 Å². The Labute approximate surface area is 134 Å². The second-order valence-electron chi connectivity index (χ2n) is 5.12. The Morgan fingerprint density at radius 3 is 2.91 bits per heavy atom. The van der Waals surface area contributed by atoms with Crippen LogP contribution in [-0.4, -0.2) is 36.0 Å². The van der Waals surface area contributed by atoms with Gasteiger partial charge in [-0.2, -0.15) is 0 Å². The van der Waals surface area contributed by atoms with Crippen molar-refractivity contribution in [2.75, 3.05) is 20.0 Å². The minimum atomic E-state index is 0.278. The molecule has 1 aromatic heterocycles. The molecular weight excluding hydrogens is 298 g/mol. The maximum atomic E-state index is 5.86. The molecule has 1 aliphatic heterocycles. The molecule has 6 heteroatoms. The van der Waals surface area contributed by atoms with E-state index in [1.165, 1.54) is 5.56 Å². The van der Waals surface area contributed by atoms with Crippen molar-refractivity contribution in [2.45, 2.75) is 24.2 Å². The number of rotatable bonds is 5. The largest absolute Gasteiger partial charge is 0.493 e. The third kappa shape index (κ3) is 3.34. The zero-order chi connectivity index (χ0) is 15.4. The van der Waals surface area contributed by atoms with E-state index in [1.54, 1.807) is 18.9 Å². The van der Waals surface area contributed by atoms with E-state index in [0.717, 1.165) is 35.2 Å². The Bertz CT molecular complexity index is 634. The first kappa shape index (κ1) is 15.1. The molecule has 0 spiro atoms. The summed E-state index contributed by atoms with van der Waals surface area (Å²) in [5, 5.41) is 4.30. The number of methoxy groups -OCH3 is 1. The highest BCUT2D eigenvalue weighted by molar-refractivity contribution is 7.98. The van der Waals surface area contributed by atoms with Crippen molar-refractivity contribution in [2.24, 2.45) is 0 Å². The van der Waals surface area contributed by atoms with Crippen LogP contribution in [0.2, 0.25) is 0 Å². The Morgan fingerprint density at radius 2 is 2.18 bits per heavy atom. The van der Waals surface area contributed by atoms with Gasteiger partial charge in [-0.25, -0.2) is 9.97 Å². The number of para-hydroxylation sites is 1. The highest BCUT2D eigenvalue weighted by Crippen LogP contribution is 2.34. The van der Waals surface area contributed by atoms with Crippen LogP contribution < -0.4 is 14.8 Å². The lowest BCUT2D eigenvalue weighted by molar-refractivity contribution is 0.226. The fraction of sp³-hybridized carbons (Fsp3) is 0.375. The molecule has 1 aliphatic rings. The van der Waals surface area contributed by atoms with E-state index in [4.69, 9.17) is 9.47 Å². The van der Waals surface area contributed by atoms with Crippen LogP contribution in [0.5, 0.6) is 11.5 Å². The first-order valence-electron chi connectivity index (χ1n) is 7.17. The summed E-state index contributed by atoms with van der Waals surface area (Å²) < 4.78 is 11.2. The summed E-state index contributed by atoms with van der Waals surface area (Å²) in [6.45, 7) is 1.37. The Hall–Kier alpha value is -1.79. The average molecular weight is 317 g/mol. The van der Waals surface area contributed by atoms with Crippen LogP contribution >= 0.6 is 11.8 Å². The summed E-state index contributed by atoms with van der Waals surface area (Å²) in [5.74, 6) is 1.67. The fourth-order valence-corrected chi connectivity index (χ4v) is 2.80. The number of fused-ring (bicyclic) bond motifs is 1. The molecule has 0 unspecified atom stereocenters. The quantitative estimate of drug-likeness (QED) is 0.674. The van der Waals surface area contributed by atoms with Gasteiger partial charge in [-0.15, -0.1) is 0 Å². The van der Waals surface area contributed by atoms with Gasteiger partial charge in [-0.05, 0) is 24.3 Å². The van der Waals surface area contributed by atoms with E-state index in [0.29, 0.717) is 6.61 Å². The molecular formula is C16H19N3O2S. The molecule has 0 bridgehead atoms. The summed E-state index contributed by atoms with van der Waals surface area (Å²) in [6, 6.07) is 6.29. The van der Waals surface area contributed by atoms with Crippen LogP contribution in [0, 0.1) is 0 Å². The summed E-state index contributed by atoms with van der Waals surface area (Å²) in [5.41, 5.74) is 2.26. The van der Waals surface area contributed by atoms with Crippen LogP contribution in [0.1, 0.15) is 11.1 Å². The number of thioether (sulfide) groups is 1. The van der Waals surface area contributed by atoms with Gasteiger partial charge < -0.3 is 14.8 Å². The maximum Gasteiger partial charge on any atom is 0.187 e. The fourth-order valence-electron chi connectivity index (χ4n) is 2.49. The summed E-state index contributed by atoms with van der Waals surface area (Å²) in [6.07, 6.45) is 6.63. The van der Waals surface area contributed by atoms with Gasteiger partial charge >= 0.3 is 0 Å². The third-order valence-electron chi connectivity index (χ3n) is 3.63. The second-order valence-corrected chi connectivity index (χ2v) is 5.89. The molecule has 22 heavy (non-hydrogen) atoms. The number of nitrogens with one attached hydrogen (secondary N) is 1. The van der Waals surface area contributed by atoms with Gasteiger partial charge in [0.25, 0.3) is 0 Å². The van der Waals surface area contributed by atoms with Gasteiger partial charge in [0.05, 0.1) is 7.11 Å². The van der Waals surface area contributed by atoms with Crippen LogP contribution in [0.25, 0.3) is 0 Å². The summed E-state index contributed by atoms with van der Waals surface area (Å²) >= 11 is 1.54. The van der Waals surface area contributed by atoms with E-state index >= 15 is 0 Å². The normalized spacial score (nSPS) is 16.7. The first-order chi connectivity index (χ1) is 10.8. The zero-order valence-corrected chi connectivity index (χ0v) is 13.5. The van der Waals surface area contributed by atoms with Gasteiger partial charge in [-0.3, -0.25) is 0 Å². The number of aromatic nitrogens is 2. The molecule has 2 aromatic rings. The molecule has 1 atom stereocenters. The van der Waals surface area contributed by atoms with Gasteiger partial charge in [0.15, 0.2) is 16.7 Å². The molecule has 5 nitrogen and oxygen atoms in total. The van der Waals surface area contributed by atoms with E-state index < -0.39 is 0 Å². The molecule has 116 valence electrons. The molecule has 3 rings (SSSR count). The van der Waals surface area contributed by atoms with E-state index in [1.807, 2.05) is 30.8 Å². The first-order valence-corrected chi connectivity index (χ1v) is 8.39. The van der Waals surface area contributed by atoms with E-state index in [-0.39, 0.29) is 6.04 Å². The van der Waals surface area contributed by atoms with Crippen molar-refractivity contribution in [1.82, 2.24) is 15.3 Å². The maximum absolute atomic E-state index is 5.86. The zero-order valence-electron chi connectivity index (χ0n) is 12.7. The highest BCUT2D eigenvalue weighted by atomic mass is 32.2. The van der Waals surface area contributed by atoms with Gasteiger partial charge in [0.1, 0.15) is 6.61 Å². The number of hydrogen-bond donors (Lipinski definition) is 1. The third-order valence-corrected chi connectivity index (χ3v) is 4.21. The van der Waals surface area contributed by atoms with Crippen LogP contribution in [-0.2, 0) is 13.0 Å². The summed E-state index contributed by atoms with van der Waals surface area (Å²) in [4.78, 5) is 8.57. The lowest BCUT2D eigenvalue weighted by Gasteiger charge is -2.27. The van der Waals surface area contributed by atoms with Crippen molar-refractivity contribution in [3.8, 4) is 11.5 Å². The predicted molar refractivity (Wildman–Crippen MR) is 86.6 cm³/mol. The van der Waals surface area contributed by atoms with Crippen molar-refractivity contribution >= 4 is 11.8 Å². The molecule has 1 N–H and O–H groups in total.